The van der Waals surface area contributed by atoms with Gasteiger partial charge in [-0.2, -0.15) is 0 Å². The molecule has 2 rings (SSSR count). The van der Waals surface area contributed by atoms with Gasteiger partial charge in [-0.25, -0.2) is 0 Å². The lowest BCUT2D eigenvalue weighted by molar-refractivity contribution is -0.138. The molecule has 2 N–H and O–H groups in total. The summed E-state index contributed by atoms with van der Waals surface area (Å²) in [5, 5.41) is 0.715. The Hall–Kier alpha value is -0.770. The molecule has 1 fully saturated rings. The van der Waals surface area contributed by atoms with E-state index >= 15 is 0 Å². The Morgan fingerprint density at radius 1 is 1.29 bits per heavy atom. The number of hydrogen-bond donors (Lipinski definition) is 1. The van der Waals surface area contributed by atoms with Crippen LogP contribution in [-0.4, -0.2) is 22.9 Å². The van der Waals surface area contributed by atoms with Gasteiger partial charge in [0.25, 0.3) is 0 Å². The lowest BCUT2D eigenvalue weighted by Crippen LogP contribution is -2.44. The van der Waals surface area contributed by atoms with Crippen LogP contribution in [0.2, 0.25) is 5.02 Å². The van der Waals surface area contributed by atoms with E-state index in [1.54, 1.807) is 0 Å². The summed E-state index contributed by atoms with van der Waals surface area (Å²) in [7, 11) is 0. The normalized spacial score (nSPS) is 18.3. The molecule has 1 aliphatic carbocycles. The first-order valence-electron chi connectivity index (χ1n) is 7.25. The molecule has 0 spiro atoms. The van der Waals surface area contributed by atoms with Crippen molar-refractivity contribution in [2.45, 2.75) is 51.7 Å². The maximum atomic E-state index is 12.7. The molecule has 0 bridgehead atoms. The molecule has 0 radical (unpaired) electrons. The zero-order valence-electron chi connectivity index (χ0n) is 12.8. The number of hydrogen-bond acceptors (Lipinski definition) is 2. The summed E-state index contributed by atoms with van der Waals surface area (Å²) in [6.45, 7) is 5.83. The molecule has 0 aromatic heterocycles. The highest BCUT2D eigenvalue weighted by Crippen LogP contribution is 2.37. The third kappa shape index (κ3) is 4.12. The minimum absolute atomic E-state index is 0. The third-order valence-corrected chi connectivity index (χ3v) is 4.49. The molecule has 3 unspecified atom stereocenters. The summed E-state index contributed by atoms with van der Waals surface area (Å²) in [6.07, 6.45) is 2.15. The molecule has 0 saturated heterocycles. The van der Waals surface area contributed by atoms with Crippen LogP contribution in [0.25, 0.3) is 0 Å². The van der Waals surface area contributed by atoms with E-state index < -0.39 is 0 Å². The second-order valence-corrected chi connectivity index (χ2v) is 6.23. The number of rotatable bonds is 5. The molecular weight excluding hydrogens is 307 g/mol. The van der Waals surface area contributed by atoms with Gasteiger partial charge in [0.15, 0.2) is 0 Å². The minimum atomic E-state index is -0.166. The van der Waals surface area contributed by atoms with Crippen molar-refractivity contribution in [3.05, 3.63) is 34.9 Å². The first-order chi connectivity index (χ1) is 9.43. The Balaban J connectivity index is 0.00000220. The smallest absolute Gasteiger partial charge is 0.227 e. The predicted octanol–water partition coefficient (Wildman–Crippen LogP) is 3.80. The zero-order chi connectivity index (χ0) is 14.9. The average molecular weight is 331 g/mol. The third-order valence-electron chi connectivity index (χ3n) is 4.15. The molecule has 1 aromatic carbocycles. The highest BCUT2D eigenvalue weighted by molar-refractivity contribution is 6.31. The van der Waals surface area contributed by atoms with Crippen LogP contribution in [0.4, 0.5) is 0 Å². The van der Waals surface area contributed by atoms with Crippen LogP contribution < -0.4 is 5.73 Å². The van der Waals surface area contributed by atoms with Crippen molar-refractivity contribution in [3.8, 4) is 0 Å². The number of benzene rings is 1. The maximum Gasteiger partial charge on any atom is 0.227 e. The number of halogens is 2. The van der Waals surface area contributed by atoms with Gasteiger partial charge in [0.1, 0.15) is 0 Å². The van der Waals surface area contributed by atoms with Crippen LogP contribution in [0.1, 0.15) is 45.2 Å². The monoisotopic (exact) mass is 330 g/mol. The molecule has 5 heteroatoms. The summed E-state index contributed by atoms with van der Waals surface area (Å²) >= 11 is 6.27. The van der Waals surface area contributed by atoms with Crippen LogP contribution >= 0.6 is 24.0 Å². The van der Waals surface area contributed by atoms with Gasteiger partial charge in [0, 0.05) is 17.1 Å². The Kier molecular flexibility index (Phi) is 6.51. The fourth-order valence-electron chi connectivity index (χ4n) is 2.46. The first-order valence-corrected chi connectivity index (χ1v) is 7.63. The Morgan fingerprint density at radius 2 is 1.86 bits per heavy atom. The number of carbonyl (C=O) groups is 1. The van der Waals surface area contributed by atoms with Crippen molar-refractivity contribution >= 4 is 29.9 Å². The molecule has 0 heterocycles. The number of nitrogens with zero attached hydrogens (tertiary/aromatic N) is 1. The topological polar surface area (TPSA) is 46.3 Å². The summed E-state index contributed by atoms with van der Waals surface area (Å²) in [4.78, 5) is 14.7. The van der Waals surface area contributed by atoms with E-state index in [1.807, 2.05) is 49.9 Å². The van der Waals surface area contributed by atoms with Gasteiger partial charge in [-0.3, -0.25) is 4.79 Å². The van der Waals surface area contributed by atoms with Crippen LogP contribution in [0.3, 0.4) is 0 Å². The van der Waals surface area contributed by atoms with Crippen molar-refractivity contribution in [1.29, 1.82) is 0 Å². The second kappa shape index (κ2) is 7.48. The molecule has 3 atom stereocenters. The number of amides is 1. The fourth-order valence-corrected chi connectivity index (χ4v) is 2.76. The van der Waals surface area contributed by atoms with Crippen LogP contribution in [-0.2, 0) is 4.79 Å². The largest absolute Gasteiger partial charge is 0.333 e. The van der Waals surface area contributed by atoms with E-state index in [0.717, 1.165) is 18.4 Å². The Labute approximate surface area is 138 Å². The van der Waals surface area contributed by atoms with E-state index in [2.05, 4.69) is 0 Å². The maximum absolute atomic E-state index is 12.7. The minimum Gasteiger partial charge on any atom is -0.333 e. The molecular formula is C16H24Cl2N2O. The Bertz CT molecular complexity index is 489. The van der Waals surface area contributed by atoms with Crippen molar-refractivity contribution < 1.29 is 4.79 Å². The van der Waals surface area contributed by atoms with Gasteiger partial charge in [-0.1, -0.05) is 36.7 Å². The van der Waals surface area contributed by atoms with Gasteiger partial charge >= 0.3 is 0 Å². The Morgan fingerprint density at radius 3 is 2.33 bits per heavy atom. The lowest BCUT2D eigenvalue weighted by Gasteiger charge is -2.33. The molecule has 118 valence electrons. The summed E-state index contributed by atoms with van der Waals surface area (Å²) in [5.41, 5.74) is 6.90. The standard InChI is InChI=1S/C16H23ClN2O.ClH/c1-10(11(2)18)16(20)19(13-8-9-13)12(3)14-6-4-5-7-15(14)17;/h4-7,10-13H,8-9,18H2,1-3H3;1H. The van der Waals surface area contributed by atoms with Crippen LogP contribution in [0.5, 0.6) is 0 Å². The zero-order valence-corrected chi connectivity index (χ0v) is 14.3. The van der Waals surface area contributed by atoms with E-state index in [0.29, 0.717) is 11.1 Å². The predicted molar refractivity (Wildman–Crippen MR) is 89.8 cm³/mol. The van der Waals surface area contributed by atoms with Gasteiger partial charge in [0.05, 0.1) is 12.0 Å². The SMILES string of the molecule is CC(N)C(C)C(=O)N(C1CC1)C(C)c1ccccc1Cl.Cl. The summed E-state index contributed by atoms with van der Waals surface area (Å²) < 4.78 is 0. The molecule has 1 aliphatic rings. The van der Waals surface area contributed by atoms with Crippen molar-refractivity contribution in [2.24, 2.45) is 11.7 Å². The number of carbonyl (C=O) groups excluding carboxylic acids is 1. The molecule has 1 aromatic rings. The molecule has 0 aliphatic heterocycles. The van der Waals surface area contributed by atoms with Gasteiger partial charge < -0.3 is 10.6 Å². The van der Waals surface area contributed by atoms with E-state index in [-0.39, 0.29) is 36.3 Å². The lowest BCUT2D eigenvalue weighted by atomic mass is 9.99. The van der Waals surface area contributed by atoms with Gasteiger partial charge in [-0.05, 0) is 38.3 Å². The molecule has 1 saturated carbocycles. The van der Waals surface area contributed by atoms with Gasteiger partial charge in [0.2, 0.25) is 5.91 Å². The second-order valence-electron chi connectivity index (χ2n) is 5.82. The van der Waals surface area contributed by atoms with E-state index in [9.17, 15) is 4.79 Å². The molecule has 21 heavy (non-hydrogen) atoms. The quantitative estimate of drug-likeness (QED) is 0.892. The number of nitrogens with two attached hydrogens (primary N) is 1. The van der Waals surface area contributed by atoms with E-state index in [4.69, 9.17) is 17.3 Å². The fraction of sp³-hybridized carbons (Fsp3) is 0.562. The van der Waals surface area contributed by atoms with Crippen molar-refractivity contribution in [2.75, 3.05) is 0 Å². The molecule has 3 nitrogen and oxygen atoms in total. The van der Waals surface area contributed by atoms with Crippen molar-refractivity contribution in [1.82, 2.24) is 4.90 Å². The van der Waals surface area contributed by atoms with Gasteiger partial charge in [-0.15, -0.1) is 12.4 Å². The van der Waals surface area contributed by atoms with E-state index in [1.165, 1.54) is 0 Å². The summed E-state index contributed by atoms with van der Waals surface area (Å²) in [6, 6.07) is 7.93. The summed E-state index contributed by atoms with van der Waals surface area (Å²) in [5.74, 6) is -0.0320. The average Bonchev–Trinajstić information content (AvgIpc) is 3.22. The van der Waals surface area contributed by atoms with Crippen LogP contribution in [0, 0.1) is 5.92 Å². The van der Waals surface area contributed by atoms with Crippen LogP contribution in [0.15, 0.2) is 24.3 Å². The molecule has 1 amide bonds. The first kappa shape index (κ1) is 18.3. The highest BCUT2D eigenvalue weighted by atomic mass is 35.5. The van der Waals surface area contributed by atoms with Crippen molar-refractivity contribution in [3.63, 3.8) is 0 Å². The highest BCUT2D eigenvalue weighted by Gasteiger charge is 2.38.